The number of aromatic nitrogens is 1. The number of nitrogens with one attached hydrogen (secondary N) is 1. The van der Waals surface area contributed by atoms with E-state index in [-0.39, 0.29) is 17.3 Å². The van der Waals surface area contributed by atoms with Crippen LogP contribution in [0.5, 0.6) is 5.75 Å². The van der Waals surface area contributed by atoms with Gasteiger partial charge in [-0.15, -0.1) is 0 Å². The Balaban J connectivity index is 2.23. The van der Waals surface area contributed by atoms with E-state index in [0.717, 1.165) is 4.47 Å². The van der Waals surface area contributed by atoms with Crippen LogP contribution in [0.1, 0.15) is 5.56 Å². The fourth-order valence-corrected chi connectivity index (χ4v) is 2.74. The van der Waals surface area contributed by atoms with Crippen LogP contribution in [0.3, 0.4) is 0 Å². The van der Waals surface area contributed by atoms with Gasteiger partial charge in [-0.3, -0.25) is 15.5 Å². The minimum Gasteiger partial charge on any atom is -0.506 e. The third-order valence-electron chi connectivity index (χ3n) is 2.41. The molecule has 0 unspecified atom stereocenters. The van der Waals surface area contributed by atoms with Crippen molar-refractivity contribution in [2.75, 3.05) is 5.43 Å². The predicted octanol–water partition coefficient (Wildman–Crippen LogP) is 3.67. The molecule has 1 aromatic carbocycles. The number of anilines is 1. The summed E-state index contributed by atoms with van der Waals surface area (Å²) in [4.78, 5) is 14.1. The Bertz CT molecular complexity index is 722. The molecule has 0 amide bonds. The van der Waals surface area contributed by atoms with E-state index in [0.29, 0.717) is 10.0 Å². The van der Waals surface area contributed by atoms with Gasteiger partial charge in [0.2, 0.25) is 5.82 Å². The molecule has 108 valence electrons. The molecule has 1 heterocycles. The Morgan fingerprint density at radius 1 is 1.43 bits per heavy atom. The molecule has 0 aliphatic heterocycles. The van der Waals surface area contributed by atoms with Crippen molar-refractivity contribution in [2.24, 2.45) is 5.10 Å². The predicted molar refractivity (Wildman–Crippen MR) is 85.6 cm³/mol. The number of pyridine rings is 1. The Kier molecular flexibility index (Phi) is 4.86. The second-order valence-corrected chi connectivity index (χ2v) is 5.59. The number of halogens is 2. The molecule has 0 aliphatic rings. The fraction of sp³-hybridized carbons (Fsp3) is 0. The van der Waals surface area contributed by atoms with E-state index in [1.54, 1.807) is 12.1 Å². The van der Waals surface area contributed by atoms with Crippen molar-refractivity contribution in [3.8, 4) is 5.75 Å². The van der Waals surface area contributed by atoms with Crippen molar-refractivity contribution < 1.29 is 10.0 Å². The van der Waals surface area contributed by atoms with Crippen LogP contribution in [0, 0.1) is 10.1 Å². The highest BCUT2D eigenvalue weighted by Gasteiger charge is 2.13. The van der Waals surface area contributed by atoms with Crippen molar-refractivity contribution in [3.05, 3.63) is 55.1 Å². The summed E-state index contributed by atoms with van der Waals surface area (Å²) >= 11 is 6.49. The molecule has 1 aromatic heterocycles. The van der Waals surface area contributed by atoms with E-state index in [2.05, 4.69) is 47.4 Å². The van der Waals surface area contributed by atoms with Crippen LogP contribution >= 0.6 is 31.9 Å². The molecule has 0 radical (unpaired) electrons. The number of phenolic OH excluding ortho intramolecular Hbond substituents is 1. The zero-order valence-corrected chi connectivity index (χ0v) is 13.5. The number of nitrogens with zero attached hydrogens (tertiary/aromatic N) is 3. The number of rotatable bonds is 4. The topological polar surface area (TPSA) is 101 Å². The molecule has 0 aliphatic carbocycles. The molecule has 7 nitrogen and oxygen atoms in total. The molecule has 2 rings (SSSR count). The average Bonchev–Trinajstić information content (AvgIpc) is 2.44. The lowest BCUT2D eigenvalue weighted by atomic mass is 10.2. The van der Waals surface area contributed by atoms with E-state index in [1.165, 1.54) is 24.5 Å². The lowest BCUT2D eigenvalue weighted by molar-refractivity contribution is -0.384. The number of benzene rings is 1. The minimum atomic E-state index is -0.558. The molecule has 0 fully saturated rings. The SMILES string of the molecule is O=[N+]([O-])c1cccnc1N/N=C\c1cc(Br)cc(Br)c1O. The van der Waals surface area contributed by atoms with Crippen molar-refractivity contribution in [3.63, 3.8) is 0 Å². The Labute approximate surface area is 136 Å². The van der Waals surface area contributed by atoms with Gasteiger partial charge in [-0.1, -0.05) is 15.9 Å². The quantitative estimate of drug-likeness (QED) is 0.450. The standard InChI is InChI=1S/C12H8Br2N4O3/c13-8-4-7(11(19)9(14)5-8)6-16-17-12-10(18(20)21)2-1-3-15-12/h1-6,19H,(H,15,17)/b16-6-. The monoisotopic (exact) mass is 414 g/mol. The molecule has 0 atom stereocenters. The molecular weight excluding hydrogens is 408 g/mol. The maximum atomic E-state index is 10.8. The molecule has 0 bridgehead atoms. The van der Waals surface area contributed by atoms with Crippen LogP contribution in [0.4, 0.5) is 11.5 Å². The molecule has 0 saturated carbocycles. The summed E-state index contributed by atoms with van der Waals surface area (Å²) in [5, 5.41) is 24.5. The van der Waals surface area contributed by atoms with Gasteiger partial charge in [0.05, 0.1) is 15.6 Å². The van der Waals surface area contributed by atoms with Gasteiger partial charge in [0.15, 0.2) is 0 Å². The van der Waals surface area contributed by atoms with Gasteiger partial charge in [-0.05, 0) is 34.1 Å². The van der Waals surface area contributed by atoms with Gasteiger partial charge in [0.25, 0.3) is 0 Å². The normalized spacial score (nSPS) is 10.8. The van der Waals surface area contributed by atoms with Crippen molar-refractivity contribution in [1.82, 2.24) is 4.98 Å². The van der Waals surface area contributed by atoms with Crippen LogP contribution in [0.25, 0.3) is 0 Å². The third-order valence-corrected chi connectivity index (χ3v) is 3.48. The smallest absolute Gasteiger partial charge is 0.313 e. The van der Waals surface area contributed by atoms with Crippen molar-refractivity contribution in [1.29, 1.82) is 0 Å². The van der Waals surface area contributed by atoms with Gasteiger partial charge in [0.1, 0.15) is 5.75 Å². The summed E-state index contributed by atoms with van der Waals surface area (Å²) in [5.74, 6) is 0.0339. The summed E-state index contributed by atoms with van der Waals surface area (Å²) in [6.07, 6.45) is 2.75. The van der Waals surface area contributed by atoms with Crippen LogP contribution < -0.4 is 5.43 Å². The van der Waals surface area contributed by atoms with E-state index >= 15 is 0 Å². The van der Waals surface area contributed by atoms with Gasteiger partial charge in [-0.25, -0.2) is 4.98 Å². The number of nitro groups is 1. The highest BCUT2D eigenvalue weighted by molar-refractivity contribution is 9.11. The van der Waals surface area contributed by atoms with Gasteiger partial charge in [0, 0.05) is 22.3 Å². The summed E-state index contributed by atoms with van der Waals surface area (Å²) in [5.41, 5.74) is 2.73. The molecule has 0 spiro atoms. The lowest BCUT2D eigenvalue weighted by Gasteiger charge is -2.03. The Morgan fingerprint density at radius 3 is 2.90 bits per heavy atom. The molecule has 2 N–H and O–H groups in total. The molecule has 21 heavy (non-hydrogen) atoms. The van der Waals surface area contributed by atoms with E-state index in [1.807, 2.05) is 0 Å². The number of phenols is 1. The first-order valence-corrected chi connectivity index (χ1v) is 7.14. The summed E-state index contributed by atoms with van der Waals surface area (Å²) in [7, 11) is 0. The second kappa shape index (κ2) is 6.64. The molecule has 0 saturated heterocycles. The van der Waals surface area contributed by atoms with Crippen LogP contribution in [-0.4, -0.2) is 21.2 Å². The first-order chi connectivity index (χ1) is 9.99. The third kappa shape index (κ3) is 3.76. The van der Waals surface area contributed by atoms with Crippen molar-refractivity contribution >= 4 is 49.6 Å². The summed E-state index contributed by atoms with van der Waals surface area (Å²) in [6, 6.07) is 6.12. The lowest BCUT2D eigenvalue weighted by Crippen LogP contribution is -1.99. The zero-order chi connectivity index (χ0) is 15.4. The Morgan fingerprint density at radius 2 is 2.19 bits per heavy atom. The molecule has 9 heteroatoms. The highest BCUT2D eigenvalue weighted by atomic mass is 79.9. The highest BCUT2D eigenvalue weighted by Crippen LogP contribution is 2.30. The van der Waals surface area contributed by atoms with E-state index in [9.17, 15) is 15.2 Å². The van der Waals surface area contributed by atoms with Gasteiger partial charge in [-0.2, -0.15) is 5.10 Å². The number of hydrazone groups is 1. The Hall–Kier alpha value is -2.00. The molecular formula is C12H8Br2N4O3. The fourth-order valence-electron chi connectivity index (χ4n) is 1.48. The maximum Gasteiger partial charge on any atom is 0.313 e. The number of hydrogen-bond acceptors (Lipinski definition) is 6. The first-order valence-electron chi connectivity index (χ1n) is 5.55. The van der Waals surface area contributed by atoms with E-state index in [4.69, 9.17) is 0 Å². The first kappa shape index (κ1) is 15.4. The molecule has 2 aromatic rings. The maximum absolute atomic E-state index is 10.8. The minimum absolute atomic E-state index is 0.0132. The second-order valence-electron chi connectivity index (χ2n) is 3.82. The summed E-state index contributed by atoms with van der Waals surface area (Å²) in [6.45, 7) is 0. The summed E-state index contributed by atoms with van der Waals surface area (Å²) < 4.78 is 1.25. The van der Waals surface area contributed by atoms with Gasteiger partial charge >= 0.3 is 5.69 Å². The largest absolute Gasteiger partial charge is 0.506 e. The van der Waals surface area contributed by atoms with Crippen molar-refractivity contribution in [2.45, 2.75) is 0 Å². The van der Waals surface area contributed by atoms with E-state index < -0.39 is 4.92 Å². The number of hydrogen-bond donors (Lipinski definition) is 2. The number of aromatic hydroxyl groups is 1. The van der Waals surface area contributed by atoms with Gasteiger partial charge < -0.3 is 5.11 Å². The average molecular weight is 416 g/mol. The van der Waals surface area contributed by atoms with Crippen LogP contribution in [-0.2, 0) is 0 Å². The zero-order valence-electron chi connectivity index (χ0n) is 10.3. The van der Waals surface area contributed by atoms with Crippen LogP contribution in [0.2, 0.25) is 0 Å². The van der Waals surface area contributed by atoms with Crippen LogP contribution in [0.15, 0.2) is 44.5 Å².